The van der Waals surface area contributed by atoms with E-state index in [1.54, 1.807) is 0 Å². The average molecular weight is 310 g/mol. The lowest BCUT2D eigenvalue weighted by molar-refractivity contribution is 0.328. The second kappa shape index (κ2) is 6.12. The van der Waals surface area contributed by atoms with Gasteiger partial charge in [-0.25, -0.2) is 0 Å². The molecule has 2 fully saturated rings. The Bertz CT molecular complexity index is 670. The number of anilines is 2. The Hall–Kier alpha value is -2.21. The molecular weight excluding hydrogens is 288 g/mol. The monoisotopic (exact) mass is 310 g/mol. The van der Waals surface area contributed by atoms with Crippen molar-refractivity contribution in [2.24, 2.45) is 0 Å². The van der Waals surface area contributed by atoms with Crippen LogP contribution in [0.15, 0.2) is 30.3 Å². The summed E-state index contributed by atoms with van der Waals surface area (Å²) in [5.74, 6) is 2.28. The van der Waals surface area contributed by atoms with Crippen molar-refractivity contribution in [3.63, 3.8) is 0 Å². The fraction of sp³-hybridized carbons (Fsp3) is 0.471. The maximum atomic E-state index is 5.82. The van der Waals surface area contributed by atoms with Crippen LogP contribution in [0, 0.1) is 0 Å². The van der Waals surface area contributed by atoms with E-state index in [0.29, 0.717) is 23.9 Å². The maximum absolute atomic E-state index is 5.82. The molecule has 1 saturated heterocycles. The van der Waals surface area contributed by atoms with Crippen molar-refractivity contribution in [2.75, 3.05) is 24.1 Å². The SMILES string of the molecule is Nc1nc(NC2CCN(Cc3ccccc3)C2)nc(C2CC2)n1. The van der Waals surface area contributed by atoms with Crippen LogP contribution in [-0.4, -0.2) is 39.0 Å². The summed E-state index contributed by atoms with van der Waals surface area (Å²) in [5.41, 5.74) is 7.17. The van der Waals surface area contributed by atoms with Gasteiger partial charge < -0.3 is 11.1 Å². The van der Waals surface area contributed by atoms with Crippen LogP contribution < -0.4 is 11.1 Å². The van der Waals surface area contributed by atoms with Crippen molar-refractivity contribution in [1.29, 1.82) is 0 Å². The van der Waals surface area contributed by atoms with Gasteiger partial charge in [0.2, 0.25) is 11.9 Å². The van der Waals surface area contributed by atoms with E-state index in [-0.39, 0.29) is 0 Å². The van der Waals surface area contributed by atoms with E-state index < -0.39 is 0 Å². The molecule has 120 valence electrons. The van der Waals surface area contributed by atoms with Crippen molar-refractivity contribution in [3.8, 4) is 0 Å². The molecule has 0 amide bonds. The standard InChI is InChI=1S/C17H22N6/c18-16-20-15(13-6-7-13)21-17(22-16)19-14-8-9-23(11-14)10-12-4-2-1-3-5-12/h1-5,13-14H,6-11H2,(H3,18,19,20,21,22). The fourth-order valence-electron chi connectivity index (χ4n) is 3.12. The molecule has 3 N–H and O–H groups in total. The maximum Gasteiger partial charge on any atom is 0.228 e. The number of nitrogens with zero attached hydrogens (tertiary/aromatic N) is 4. The third kappa shape index (κ3) is 3.59. The van der Waals surface area contributed by atoms with Gasteiger partial charge in [0.15, 0.2) is 0 Å². The van der Waals surface area contributed by atoms with Gasteiger partial charge in [-0.2, -0.15) is 15.0 Å². The number of rotatable bonds is 5. The van der Waals surface area contributed by atoms with Crippen LogP contribution in [0.3, 0.4) is 0 Å². The Morgan fingerprint density at radius 2 is 1.91 bits per heavy atom. The van der Waals surface area contributed by atoms with Crippen LogP contribution >= 0.6 is 0 Å². The molecule has 2 aromatic rings. The molecule has 1 aliphatic heterocycles. The van der Waals surface area contributed by atoms with Gasteiger partial charge in [-0.15, -0.1) is 0 Å². The summed E-state index contributed by atoms with van der Waals surface area (Å²) in [7, 11) is 0. The lowest BCUT2D eigenvalue weighted by Gasteiger charge is -2.17. The summed E-state index contributed by atoms with van der Waals surface area (Å²) in [6.07, 6.45) is 3.42. The highest BCUT2D eigenvalue weighted by molar-refractivity contribution is 5.34. The third-order valence-corrected chi connectivity index (χ3v) is 4.47. The van der Waals surface area contributed by atoms with Gasteiger partial charge in [0, 0.05) is 31.6 Å². The Morgan fingerprint density at radius 1 is 1.09 bits per heavy atom. The number of aromatic nitrogens is 3. The lowest BCUT2D eigenvalue weighted by Crippen LogP contribution is -2.27. The Morgan fingerprint density at radius 3 is 2.70 bits per heavy atom. The zero-order chi connectivity index (χ0) is 15.6. The average Bonchev–Trinajstić information content (AvgIpc) is 3.31. The van der Waals surface area contributed by atoms with Crippen LogP contribution in [0.2, 0.25) is 0 Å². The number of nitrogens with one attached hydrogen (secondary N) is 1. The number of hydrogen-bond donors (Lipinski definition) is 2. The van der Waals surface area contributed by atoms with Crippen LogP contribution in [0.4, 0.5) is 11.9 Å². The highest BCUT2D eigenvalue weighted by Crippen LogP contribution is 2.38. The summed E-state index contributed by atoms with van der Waals surface area (Å²) in [6.45, 7) is 3.08. The van der Waals surface area contributed by atoms with Gasteiger partial charge in [0.25, 0.3) is 0 Å². The van der Waals surface area contributed by atoms with Gasteiger partial charge in [-0.05, 0) is 24.8 Å². The molecule has 1 aliphatic carbocycles. The quantitative estimate of drug-likeness (QED) is 0.879. The molecule has 1 unspecified atom stereocenters. The second-order valence-corrected chi connectivity index (χ2v) is 6.50. The van der Waals surface area contributed by atoms with E-state index in [2.05, 4.69) is 55.5 Å². The van der Waals surface area contributed by atoms with E-state index in [1.807, 2.05) is 0 Å². The number of hydrogen-bond acceptors (Lipinski definition) is 6. The van der Waals surface area contributed by atoms with E-state index >= 15 is 0 Å². The summed E-state index contributed by atoms with van der Waals surface area (Å²) in [6, 6.07) is 11.0. The molecule has 23 heavy (non-hydrogen) atoms. The first-order valence-corrected chi connectivity index (χ1v) is 8.30. The molecule has 4 rings (SSSR count). The highest BCUT2D eigenvalue weighted by atomic mass is 15.2. The number of nitrogen functional groups attached to an aromatic ring is 1. The summed E-state index contributed by atoms with van der Waals surface area (Å²) >= 11 is 0. The second-order valence-electron chi connectivity index (χ2n) is 6.50. The van der Waals surface area contributed by atoms with E-state index in [1.165, 1.54) is 5.56 Å². The Labute approximate surface area is 136 Å². The molecule has 2 heterocycles. The minimum Gasteiger partial charge on any atom is -0.368 e. The van der Waals surface area contributed by atoms with E-state index in [4.69, 9.17) is 5.73 Å². The fourth-order valence-corrected chi connectivity index (χ4v) is 3.12. The predicted octanol–water partition coefficient (Wildman–Crippen LogP) is 2.02. The van der Waals surface area contributed by atoms with Crippen molar-refractivity contribution >= 4 is 11.9 Å². The molecule has 6 nitrogen and oxygen atoms in total. The van der Waals surface area contributed by atoms with Gasteiger partial charge in [0.1, 0.15) is 5.82 Å². The molecule has 0 spiro atoms. The van der Waals surface area contributed by atoms with Crippen molar-refractivity contribution in [3.05, 3.63) is 41.7 Å². The zero-order valence-electron chi connectivity index (χ0n) is 13.2. The first-order chi connectivity index (χ1) is 11.3. The molecule has 1 saturated carbocycles. The van der Waals surface area contributed by atoms with Crippen LogP contribution in [0.25, 0.3) is 0 Å². The highest BCUT2D eigenvalue weighted by Gasteiger charge is 2.28. The lowest BCUT2D eigenvalue weighted by atomic mass is 10.2. The largest absolute Gasteiger partial charge is 0.368 e. The van der Waals surface area contributed by atoms with Crippen molar-refractivity contribution < 1.29 is 0 Å². The number of likely N-dealkylation sites (tertiary alicyclic amines) is 1. The van der Waals surface area contributed by atoms with Gasteiger partial charge in [0.05, 0.1) is 0 Å². The molecule has 1 aromatic heterocycles. The smallest absolute Gasteiger partial charge is 0.228 e. The van der Waals surface area contributed by atoms with Crippen LogP contribution in [-0.2, 0) is 6.54 Å². The Kier molecular flexibility index (Phi) is 3.83. The first-order valence-electron chi connectivity index (χ1n) is 8.30. The molecule has 2 aliphatic rings. The van der Waals surface area contributed by atoms with Crippen LogP contribution in [0.1, 0.15) is 36.6 Å². The molecule has 0 bridgehead atoms. The first kappa shape index (κ1) is 14.4. The van der Waals surface area contributed by atoms with Crippen molar-refractivity contribution in [2.45, 2.75) is 37.8 Å². The van der Waals surface area contributed by atoms with Crippen LogP contribution in [0.5, 0.6) is 0 Å². The molecular formula is C17H22N6. The molecule has 6 heteroatoms. The predicted molar refractivity (Wildman–Crippen MR) is 90.0 cm³/mol. The zero-order valence-corrected chi connectivity index (χ0v) is 13.2. The summed E-state index contributed by atoms with van der Waals surface area (Å²) < 4.78 is 0. The van der Waals surface area contributed by atoms with Gasteiger partial charge in [-0.1, -0.05) is 30.3 Å². The van der Waals surface area contributed by atoms with Gasteiger partial charge in [-0.3, -0.25) is 4.90 Å². The normalized spacial score (nSPS) is 21.5. The Balaban J connectivity index is 1.37. The van der Waals surface area contributed by atoms with Crippen molar-refractivity contribution in [1.82, 2.24) is 19.9 Å². The van der Waals surface area contributed by atoms with E-state index in [0.717, 1.165) is 44.7 Å². The minimum absolute atomic E-state index is 0.323. The minimum atomic E-state index is 0.323. The van der Waals surface area contributed by atoms with Gasteiger partial charge >= 0.3 is 0 Å². The molecule has 0 radical (unpaired) electrons. The topological polar surface area (TPSA) is 80.0 Å². The summed E-state index contributed by atoms with van der Waals surface area (Å²) in [4.78, 5) is 15.5. The van der Waals surface area contributed by atoms with E-state index in [9.17, 15) is 0 Å². The number of benzene rings is 1. The number of nitrogens with two attached hydrogens (primary N) is 1. The summed E-state index contributed by atoms with van der Waals surface area (Å²) in [5, 5.41) is 3.44. The molecule has 1 aromatic carbocycles. The third-order valence-electron chi connectivity index (χ3n) is 4.47. The molecule has 1 atom stereocenters.